The molecule has 0 radical (unpaired) electrons. The van der Waals surface area contributed by atoms with Gasteiger partial charge in [0.15, 0.2) is 0 Å². The minimum Gasteiger partial charge on any atom is -0.396 e. The van der Waals surface area contributed by atoms with Crippen molar-refractivity contribution in [2.24, 2.45) is 5.92 Å². The van der Waals surface area contributed by atoms with Crippen LogP contribution in [0.25, 0.3) is 0 Å². The van der Waals surface area contributed by atoms with E-state index in [2.05, 4.69) is 22.9 Å². The van der Waals surface area contributed by atoms with E-state index in [4.69, 9.17) is 5.11 Å². The van der Waals surface area contributed by atoms with E-state index >= 15 is 0 Å². The highest BCUT2D eigenvalue weighted by atomic mass is 16.3. The van der Waals surface area contributed by atoms with Crippen LogP contribution in [0.2, 0.25) is 0 Å². The third kappa shape index (κ3) is 3.03. The lowest BCUT2D eigenvalue weighted by atomic mass is 10.1. The fourth-order valence-electron chi connectivity index (χ4n) is 2.44. The van der Waals surface area contributed by atoms with Crippen LogP contribution >= 0.6 is 0 Å². The Balaban J connectivity index is 1.87. The van der Waals surface area contributed by atoms with E-state index in [1.165, 1.54) is 17.5 Å². The first-order valence-electron chi connectivity index (χ1n) is 6.01. The van der Waals surface area contributed by atoms with Gasteiger partial charge in [0.1, 0.15) is 0 Å². The van der Waals surface area contributed by atoms with Gasteiger partial charge in [-0.1, -0.05) is 6.07 Å². The van der Waals surface area contributed by atoms with Gasteiger partial charge >= 0.3 is 0 Å². The molecule has 1 N–H and O–H groups in total. The monoisotopic (exact) mass is 220 g/mol. The van der Waals surface area contributed by atoms with Crippen molar-refractivity contribution in [1.29, 1.82) is 0 Å². The topological polar surface area (TPSA) is 36.4 Å². The van der Waals surface area contributed by atoms with Crippen molar-refractivity contribution in [3.63, 3.8) is 0 Å². The molecule has 2 heterocycles. The Morgan fingerprint density at radius 1 is 1.50 bits per heavy atom. The number of aliphatic hydroxyl groups excluding tert-OH is 1. The van der Waals surface area contributed by atoms with Crippen LogP contribution in [0.3, 0.4) is 0 Å². The van der Waals surface area contributed by atoms with E-state index in [9.17, 15) is 0 Å². The highest BCUT2D eigenvalue weighted by Crippen LogP contribution is 2.20. The molecule has 0 saturated carbocycles. The molecule has 1 unspecified atom stereocenters. The van der Waals surface area contributed by atoms with Crippen LogP contribution in [-0.2, 0) is 6.54 Å². The maximum atomic E-state index is 8.91. The second-order valence-corrected chi connectivity index (χ2v) is 4.77. The summed E-state index contributed by atoms with van der Waals surface area (Å²) < 4.78 is 0. The van der Waals surface area contributed by atoms with Crippen molar-refractivity contribution in [2.75, 3.05) is 19.7 Å². The highest BCUT2D eigenvalue weighted by molar-refractivity contribution is 5.16. The van der Waals surface area contributed by atoms with Gasteiger partial charge in [-0.05, 0) is 43.4 Å². The number of rotatable bonds is 4. The fourth-order valence-corrected chi connectivity index (χ4v) is 2.44. The number of pyridine rings is 1. The Hall–Kier alpha value is -0.930. The predicted octanol–water partition coefficient (Wildman–Crippen LogP) is 1.59. The first-order valence-corrected chi connectivity index (χ1v) is 6.01. The molecule has 1 aliphatic heterocycles. The SMILES string of the molecule is Cc1cncc(CN2CCC(CCO)C2)c1. The van der Waals surface area contributed by atoms with Crippen LogP contribution in [0.5, 0.6) is 0 Å². The zero-order valence-electron chi connectivity index (χ0n) is 9.89. The summed E-state index contributed by atoms with van der Waals surface area (Å²) in [5.74, 6) is 0.683. The molecule has 1 aromatic heterocycles. The van der Waals surface area contributed by atoms with Gasteiger partial charge in [-0.25, -0.2) is 0 Å². The summed E-state index contributed by atoms with van der Waals surface area (Å²) in [7, 11) is 0. The molecule has 0 aliphatic carbocycles. The van der Waals surface area contributed by atoms with Crippen LogP contribution in [0.15, 0.2) is 18.5 Å². The average Bonchev–Trinajstić information content (AvgIpc) is 2.66. The average molecular weight is 220 g/mol. The maximum Gasteiger partial charge on any atom is 0.0434 e. The van der Waals surface area contributed by atoms with E-state index in [-0.39, 0.29) is 0 Å². The van der Waals surface area contributed by atoms with Crippen LogP contribution < -0.4 is 0 Å². The minimum atomic E-state index is 0.324. The summed E-state index contributed by atoms with van der Waals surface area (Å²) in [6, 6.07) is 2.20. The van der Waals surface area contributed by atoms with Crippen molar-refractivity contribution < 1.29 is 5.11 Å². The van der Waals surface area contributed by atoms with Crippen LogP contribution in [0, 0.1) is 12.8 Å². The standard InChI is InChI=1S/C13H20N2O/c1-11-6-13(8-14-7-11)10-15-4-2-12(9-15)3-5-16/h6-8,12,16H,2-5,9-10H2,1H3. The van der Waals surface area contributed by atoms with E-state index < -0.39 is 0 Å². The third-order valence-electron chi connectivity index (χ3n) is 3.25. The largest absolute Gasteiger partial charge is 0.396 e. The van der Waals surface area contributed by atoms with Crippen LogP contribution in [0.4, 0.5) is 0 Å². The van der Waals surface area contributed by atoms with E-state index in [1.54, 1.807) is 0 Å². The number of hydrogen-bond donors (Lipinski definition) is 1. The molecule has 88 valence electrons. The van der Waals surface area contributed by atoms with Gasteiger partial charge in [0, 0.05) is 32.1 Å². The lowest BCUT2D eigenvalue weighted by Crippen LogP contribution is -2.20. The fraction of sp³-hybridized carbons (Fsp3) is 0.615. The summed E-state index contributed by atoms with van der Waals surface area (Å²) in [6.07, 6.45) is 6.01. The summed E-state index contributed by atoms with van der Waals surface area (Å²) in [6.45, 7) is 5.67. The maximum absolute atomic E-state index is 8.91. The molecule has 0 bridgehead atoms. The zero-order valence-corrected chi connectivity index (χ0v) is 9.89. The Kier molecular flexibility index (Phi) is 3.91. The number of likely N-dealkylation sites (tertiary alicyclic amines) is 1. The minimum absolute atomic E-state index is 0.324. The van der Waals surface area contributed by atoms with Gasteiger partial charge in [-0.15, -0.1) is 0 Å². The van der Waals surface area contributed by atoms with E-state index in [0.717, 1.165) is 26.1 Å². The van der Waals surface area contributed by atoms with Gasteiger partial charge < -0.3 is 5.11 Å². The second-order valence-electron chi connectivity index (χ2n) is 4.77. The quantitative estimate of drug-likeness (QED) is 0.837. The van der Waals surface area contributed by atoms with Gasteiger partial charge in [-0.2, -0.15) is 0 Å². The molecule has 0 aromatic carbocycles. The Labute approximate surface area is 97.1 Å². The molecule has 2 rings (SSSR count). The molecular weight excluding hydrogens is 200 g/mol. The molecule has 3 nitrogen and oxygen atoms in total. The molecule has 16 heavy (non-hydrogen) atoms. The second kappa shape index (κ2) is 5.41. The van der Waals surface area contributed by atoms with Crippen molar-refractivity contribution in [3.05, 3.63) is 29.6 Å². The van der Waals surface area contributed by atoms with Crippen molar-refractivity contribution in [2.45, 2.75) is 26.3 Å². The lowest BCUT2D eigenvalue weighted by Gasteiger charge is -2.15. The van der Waals surface area contributed by atoms with E-state index in [0.29, 0.717) is 12.5 Å². The van der Waals surface area contributed by atoms with Crippen molar-refractivity contribution >= 4 is 0 Å². The molecule has 0 amide bonds. The number of hydrogen-bond acceptors (Lipinski definition) is 3. The van der Waals surface area contributed by atoms with Gasteiger partial charge in [0.2, 0.25) is 0 Å². The smallest absolute Gasteiger partial charge is 0.0434 e. The highest BCUT2D eigenvalue weighted by Gasteiger charge is 2.21. The Morgan fingerprint density at radius 2 is 2.38 bits per heavy atom. The zero-order chi connectivity index (χ0) is 11.4. The van der Waals surface area contributed by atoms with E-state index in [1.807, 2.05) is 12.4 Å². The molecule has 1 aromatic rings. The summed E-state index contributed by atoms with van der Waals surface area (Å²) >= 11 is 0. The molecule has 1 atom stereocenters. The third-order valence-corrected chi connectivity index (χ3v) is 3.25. The number of aryl methyl sites for hydroxylation is 1. The number of aromatic nitrogens is 1. The van der Waals surface area contributed by atoms with Crippen LogP contribution in [0.1, 0.15) is 24.0 Å². The van der Waals surface area contributed by atoms with Crippen molar-refractivity contribution in [3.8, 4) is 0 Å². The van der Waals surface area contributed by atoms with Crippen molar-refractivity contribution in [1.82, 2.24) is 9.88 Å². The first kappa shape index (κ1) is 11.6. The lowest BCUT2D eigenvalue weighted by molar-refractivity contribution is 0.249. The molecule has 1 saturated heterocycles. The predicted molar refractivity (Wildman–Crippen MR) is 64.1 cm³/mol. The first-order chi connectivity index (χ1) is 7.78. The summed E-state index contributed by atoms with van der Waals surface area (Å²) in [5, 5.41) is 8.91. The molecule has 1 aliphatic rings. The number of nitrogens with zero attached hydrogens (tertiary/aromatic N) is 2. The van der Waals surface area contributed by atoms with Gasteiger partial charge in [0.05, 0.1) is 0 Å². The summed E-state index contributed by atoms with van der Waals surface area (Å²) in [4.78, 5) is 6.67. The van der Waals surface area contributed by atoms with Gasteiger partial charge in [0.25, 0.3) is 0 Å². The number of aliphatic hydroxyl groups is 1. The summed E-state index contributed by atoms with van der Waals surface area (Å²) in [5.41, 5.74) is 2.52. The Morgan fingerprint density at radius 3 is 3.12 bits per heavy atom. The molecule has 3 heteroatoms. The normalized spacial score (nSPS) is 21.5. The molecule has 1 fully saturated rings. The van der Waals surface area contributed by atoms with Crippen LogP contribution in [-0.4, -0.2) is 34.7 Å². The Bertz CT molecular complexity index is 340. The van der Waals surface area contributed by atoms with Gasteiger partial charge in [-0.3, -0.25) is 9.88 Å². The molecular formula is C13H20N2O. The molecule has 0 spiro atoms.